The third kappa shape index (κ3) is 6.33. The Labute approximate surface area is 147 Å². The summed E-state index contributed by atoms with van der Waals surface area (Å²) in [7, 11) is 1.74. The molecule has 0 amide bonds. The fourth-order valence-corrected chi connectivity index (χ4v) is 1.76. The minimum atomic E-state index is 0. The molecule has 0 saturated carbocycles. The molecular formula is C15H22IN5O. The Morgan fingerprint density at radius 1 is 1.23 bits per heavy atom. The monoisotopic (exact) mass is 415 g/mol. The van der Waals surface area contributed by atoms with Gasteiger partial charge in [0, 0.05) is 13.2 Å². The molecule has 0 radical (unpaired) electrons. The van der Waals surface area contributed by atoms with Crippen LogP contribution in [0.3, 0.4) is 0 Å². The van der Waals surface area contributed by atoms with Gasteiger partial charge in [-0.2, -0.15) is 5.10 Å². The SMILES string of the molecule is CN=C(NCCOc1ccc(C)cc1)NCc1ccn[nH]1.I. The second-order valence-corrected chi connectivity index (χ2v) is 4.60. The number of hydrogen-bond donors (Lipinski definition) is 3. The average Bonchev–Trinajstić information content (AvgIpc) is 3.02. The highest BCUT2D eigenvalue weighted by Gasteiger charge is 1.99. The van der Waals surface area contributed by atoms with E-state index in [1.54, 1.807) is 13.2 Å². The maximum Gasteiger partial charge on any atom is 0.191 e. The number of ether oxygens (including phenoxy) is 1. The van der Waals surface area contributed by atoms with Crippen molar-refractivity contribution in [1.82, 2.24) is 20.8 Å². The molecule has 1 aromatic heterocycles. The van der Waals surface area contributed by atoms with Crippen molar-refractivity contribution in [3.8, 4) is 5.75 Å². The van der Waals surface area contributed by atoms with Crippen LogP contribution in [0.25, 0.3) is 0 Å². The normalized spacial score (nSPS) is 10.7. The lowest BCUT2D eigenvalue weighted by atomic mass is 10.2. The molecule has 7 heteroatoms. The van der Waals surface area contributed by atoms with Crippen LogP contribution < -0.4 is 15.4 Å². The third-order valence-electron chi connectivity index (χ3n) is 2.91. The van der Waals surface area contributed by atoms with Gasteiger partial charge < -0.3 is 15.4 Å². The molecule has 3 N–H and O–H groups in total. The van der Waals surface area contributed by atoms with E-state index in [2.05, 4.69) is 32.7 Å². The Kier molecular flexibility index (Phi) is 8.34. The van der Waals surface area contributed by atoms with Gasteiger partial charge in [0.05, 0.1) is 18.8 Å². The molecule has 22 heavy (non-hydrogen) atoms. The van der Waals surface area contributed by atoms with E-state index in [-0.39, 0.29) is 24.0 Å². The second kappa shape index (κ2) is 10.0. The van der Waals surface area contributed by atoms with Crippen LogP contribution in [0.15, 0.2) is 41.5 Å². The van der Waals surface area contributed by atoms with Gasteiger partial charge >= 0.3 is 0 Å². The molecule has 0 bridgehead atoms. The topological polar surface area (TPSA) is 74.3 Å². The molecule has 2 rings (SSSR count). The van der Waals surface area contributed by atoms with E-state index in [0.29, 0.717) is 19.7 Å². The Morgan fingerprint density at radius 3 is 2.64 bits per heavy atom. The summed E-state index contributed by atoms with van der Waals surface area (Å²) in [6, 6.07) is 9.93. The zero-order chi connectivity index (χ0) is 14.9. The minimum absolute atomic E-state index is 0. The first-order chi connectivity index (χ1) is 10.3. The molecule has 1 heterocycles. The van der Waals surface area contributed by atoms with Crippen LogP contribution in [0.5, 0.6) is 5.75 Å². The van der Waals surface area contributed by atoms with Gasteiger partial charge in [-0.15, -0.1) is 24.0 Å². The van der Waals surface area contributed by atoms with Crippen LogP contribution in [0.4, 0.5) is 0 Å². The number of guanidine groups is 1. The molecule has 0 unspecified atom stereocenters. The number of nitrogens with zero attached hydrogens (tertiary/aromatic N) is 2. The number of H-pyrrole nitrogens is 1. The Morgan fingerprint density at radius 2 is 2.00 bits per heavy atom. The summed E-state index contributed by atoms with van der Waals surface area (Å²) in [5, 5.41) is 13.2. The van der Waals surface area contributed by atoms with Crippen LogP contribution in [0.2, 0.25) is 0 Å². The smallest absolute Gasteiger partial charge is 0.191 e. The standard InChI is InChI=1S/C15H21N5O.HI/c1-12-3-5-14(6-4-12)21-10-9-17-15(16-2)18-11-13-7-8-19-20-13;/h3-8H,9-11H2,1-2H3,(H,19,20)(H2,16,17,18);1H. The number of halogens is 1. The van der Waals surface area contributed by atoms with E-state index in [4.69, 9.17) is 4.74 Å². The van der Waals surface area contributed by atoms with Gasteiger partial charge in [-0.3, -0.25) is 10.1 Å². The molecule has 0 spiro atoms. The lowest BCUT2D eigenvalue weighted by Crippen LogP contribution is -2.38. The number of hydrogen-bond acceptors (Lipinski definition) is 3. The molecule has 1 aromatic carbocycles. The van der Waals surface area contributed by atoms with Crippen LogP contribution in [0, 0.1) is 6.92 Å². The molecule has 0 atom stereocenters. The summed E-state index contributed by atoms with van der Waals surface area (Å²) < 4.78 is 5.64. The van der Waals surface area contributed by atoms with Crippen LogP contribution in [-0.4, -0.2) is 36.4 Å². The molecule has 0 aliphatic rings. The molecule has 2 aromatic rings. The zero-order valence-corrected chi connectivity index (χ0v) is 15.1. The predicted molar refractivity (Wildman–Crippen MR) is 98.9 cm³/mol. The van der Waals surface area contributed by atoms with E-state index in [0.717, 1.165) is 17.4 Å². The zero-order valence-electron chi connectivity index (χ0n) is 12.8. The highest BCUT2D eigenvalue weighted by Crippen LogP contribution is 2.10. The van der Waals surface area contributed by atoms with E-state index in [9.17, 15) is 0 Å². The maximum atomic E-state index is 5.64. The van der Waals surface area contributed by atoms with Gasteiger partial charge in [-0.05, 0) is 25.1 Å². The van der Waals surface area contributed by atoms with E-state index >= 15 is 0 Å². The maximum absolute atomic E-state index is 5.64. The van der Waals surface area contributed by atoms with Crippen molar-refractivity contribution < 1.29 is 4.74 Å². The number of nitrogens with one attached hydrogen (secondary N) is 3. The highest BCUT2D eigenvalue weighted by atomic mass is 127. The van der Waals surface area contributed by atoms with Gasteiger partial charge in [0.2, 0.25) is 0 Å². The van der Waals surface area contributed by atoms with Gasteiger partial charge in [-0.25, -0.2) is 0 Å². The minimum Gasteiger partial charge on any atom is -0.492 e. The number of aryl methyl sites for hydroxylation is 1. The van der Waals surface area contributed by atoms with Crippen molar-refractivity contribution in [2.24, 2.45) is 4.99 Å². The van der Waals surface area contributed by atoms with Gasteiger partial charge in [-0.1, -0.05) is 17.7 Å². The van der Waals surface area contributed by atoms with Crippen molar-refractivity contribution >= 4 is 29.9 Å². The number of benzene rings is 1. The average molecular weight is 415 g/mol. The first-order valence-electron chi connectivity index (χ1n) is 6.90. The van der Waals surface area contributed by atoms with Crippen molar-refractivity contribution in [3.05, 3.63) is 47.8 Å². The van der Waals surface area contributed by atoms with Crippen molar-refractivity contribution in [2.75, 3.05) is 20.2 Å². The quantitative estimate of drug-likeness (QED) is 0.292. The fourth-order valence-electron chi connectivity index (χ4n) is 1.76. The lowest BCUT2D eigenvalue weighted by molar-refractivity contribution is 0.322. The van der Waals surface area contributed by atoms with Gasteiger partial charge in [0.25, 0.3) is 0 Å². The van der Waals surface area contributed by atoms with Crippen LogP contribution in [0.1, 0.15) is 11.3 Å². The summed E-state index contributed by atoms with van der Waals surface area (Å²) in [6.45, 7) is 3.96. The molecule has 0 aliphatic heterocycles. The predicted octanol–water partition coefficient (Wildman–Crippen LogP) is 2.08. The van der Waals surface area contributed by atoms with Gasteiger partial charge in [0.15, 0.2) is 5.96 Å². The molecule has 6 nitrogen and oxygen atoms in total. The molecule has 120 valence electrons. The molecule has 0 fully saturated rings. The van der Waals surface area contributed by atoms with E-state index in [1.165, 1.54) is 5.56 Å². The number of rotatable bonds is 6. The Hall–Kier alpha value is -1.77. The first-order valence-corrected chi connectivity index (χ1v) is 6.90. The number of aliphatic imine (C=N–C) groups is 1. The molecule has 0 aliphatic carbocycles. The highest BCUT2D eigenvalue weighted by molar-refractivity contribution is 14.0. The second-order valence-electron chi connectivity index (χ2n) is 4.60. The van der Waals surface area contributed by atoms with E-state index < -0.39 is 0 Å². The number of aromatic amines is 1. The van der Waals surface area contributed by atoms with Crippen molar-refractivity contribution in [3.63, 3.8) is 0 Å². The summed E-state index contributed by atoms with van der Waals surface area (Å²) in [5.41, 5.74) is 2.23. The van der Waals surface area contributed by atoms with Crippen LogP contribution >= 0.6 is 24.0 Å². The fraction of sp³-hybridized carbons (Fsp3) is 0.333. The molecule has 0 saturated heterocycles. The van der Waals surface area contributed by atoms with E-state index in [1.807, 2.05) is 30.3 Å². The Balaban J connectivity index is 0.00000242. The third-order valence-corrected chi connectivity index (χ3v) is 2.91. The first kappa shape index (κ1) is 18.3. The molecular weight excluding hydrogens is 393 g/mol. The Bertz CT molecular complexity index is 554. The van der Waals surface area contributed by atoms with Gasteiger partial charge in [0.1, 0.15) is 12.4 Å². The van der Waals surface area contributed by atoms with Crippen molar-refractivity contribution in [1.29, 1.82) is 0 Å². The number of aromatic nitrogens is 2. The summed E-state index contributed by atoms with van der Waals surface area (Å²) in [6.07, 6.45) is 1.72. The largest absolute Gasteiger partial charge is 0.492 e. The summed E-state index contributed by atoms with van der Waals surface area (Å²) in [5.74, 6) is 1.61. The summed E-state index contributed by atoms with van der Waals surface area (Å²) in [4.78, 5) is 4.15. The van der Waals surface area contributed by atoms with Crippen LogP contribution in [-0.2, 0) is 6.54 Å². The lowest BCUT2D eigenvalue weighted by Gasteiger charge is -2.12. The summed E-state index contributed by atoms with van der Waals surface area (Å²) >= 11 is 0. The van der Waals surface area contributed by atoms with Crippen molar-refractivity contribution in [2.45, 2.75) is 13.5 Å².